The van der Waals surface area contributed by atoms with Crippen molar-refractivity contribution in [3.05, 3.63) is 23.0 Å². The lowest BCUT2D eigenvalue weighted by molar-refractivity contribution is 0.0912. The summed E-state index contributed by atoms with van der Waals surface area (Å²) in [6.07, 6.45) is 2.29. The van der Waals surface area contributed by atoms with E-state index in [1.165, 1.54) is 11.8 Å². The fourth-order valence-electron chi connectivity index (χ4n) is 2.74. The second kappa shape index (κ2) is 6.84. The van der Waals surface area contributed by atoms with Gasteiger partial charge in [-0.25, -0.2) is 4.68 Å². The van der Waals surface area contributed by atoms with E-state index in [1.54, 1.807) is 4.68 Å². The van der Waals surface area contributed by atoms with Crippen molar-refractivity contribution in [1.29, 1.82) is 0 Å². The maximum absolute atomic E-state index is 12.4. The average Bonchev–Trinajstić information content (AvgIpc) is 3.25. The average molecular weight is 335 g/mol. The van der Waals surface area contributed by atoms with Crippen LogP contribution in [-0.2, 0) is 18.3 Å². The van der Waals surface area contributed by atoms with Gasteiger partial charge in [0.2, 0.25) is 5.16 Å². The molecule has 0 saturated carbocycles. The van der Waals surface area contributed by atoms with Gasteiger partial charge in [-0.1, -0.05) is 11.8 Å². The topological polar surface area (TPSA) is 74.8 Å². The van der Waals surface area contributed by atoms with Crippen molar-refractivity contribution in [3.8, 4) is 0 Å². The Kier molecular flexibility index (Phi) is 4.82. The first kappa shape index (κ1) is 16.2. The molecule has 1 saturated heterocycles. The van der Waals surface area contributed by atoms with Crippen LogP contribution in [0.25, 0.3) is 0 Å². The zero-order valence-corrected chi connectivity index (χ0v) is 14.5. The first-order valence-corrected chi connectivity index (χ1v) is 8.71. The molecule has 0 unspecified atom stereocenters. The Hall–Kier alpha value is -1.67. The number of nitrogens with zero attached hydrogens (tertiary/aromatic N) is 5. The number of rotatable bonds is 6. The summed E-state index contributed by atoms with van der Waals surface area (Å²) in [4.78, 5) is 12.4. The fraction of sp³-hybridized carbons (Fsp3) is 0.600. The largest absolute Gasteiger partial charge is 0.376 e. The second-order valence-electron chi connectivity index (χ2n) is 5.83. The summed E-state index contributed by atoms with van der Waals surface area (Å²) >= 11 is 1.38. The SMILES string of the molecule is Cc1cc(C(=O)CSc2nnnn2C[C@@H]2CCCO2)c(C)n1C. The van der Waals surface area contributed by atoms with Gasteiger partial charge in [0.15, 0.2) is 5.78 Å². The van der Waals surface area contributed by atoms with Gasteiger partial charge in [0.1, 0.15) is 0 Å². The van der Waals surface area contributed by atoms with Crippen LogP contribution in [0.15, 0.2) is 11.2 Å². The third-order valence-electron chi connectivity index (χ3n) is 4.31. The summed E-state index contributed by atoms with van der Waals surface area (Å²) < 4.78 is 9.37. The molecule has 2 aromatic heterocycles. The quantitative estimate of drug-likeness (QED) is 0.592. The van der Waals surface area contributed by atoms with Gasteiger partial charge < -0.3 is 9.30 Å². The number of tetrazole rings is 1. The summed E-state index contributed by atoms with van der Waals surface area (Å²) in [5, 5.41) is 12.4. The fourth-order valence-corrected chi connectivity index (χ4v) is 3.51. The Morgan fingerprint density at radius 2 is 2.30 bits per heavy atom. The molecule has 124 valence electrons. The lowest BCUT2D eigenvalue weighted by Crippen LogP contribution is -2.17. The standard InChI is InChI=1S/C15H21N5O2S/c1-10-7-13(11(2)19(10)3)14(21)9-23-15-16-17-18-20(15)8-12-5-4-6-22-12/h7,12H,4-6,8-9H2,1-3H3/t12-/m0/s1. The molecule has 1 fully saturated rings. The van der Waals surface area contributed by atoms with E-state index < -0.39 is 0 Å². The van der Waals surface area contributed by atoms with E-state index in [9.17, 15) is 4.79 Å². The molecule has 0 bridgehead atoms. The van der Waals surface area contributed by atoms with Gasteiger partial charge in [0, 0.05) is 30.6 Å². The molecular formula is C15H21N5O2S. The number of aryl methyl sites for hydroxylation is 1. The molecule has 3 rings (SSSR count). The van der Waals surface area contributed by atoms with Crippen LogP contribution in [0.5, 0.6) is 0 Å². The van der Waals surface area contributed by atoms with Crippen LogP contribution in [0, 0.1) is 13.8 Å². The maximum atomic E-state index is 12.4. The highest BCUT2D eigenvalue weighted by molar-refractivity contribution is 7.99. The third-order valence-corrected chi connectivity index (χ3v) is 5.26. The predicted octanol–water partition coefficient (Wildman–Crippen LogP) is 1.78. The van der Waals surface area contributed by atoms with Crippen LogP contribution < -0.4 is 0 Å². The van der Waals surface area contributed by atoms with Crippen LogP contribution in [0.4, 0.5) is 0 Å². The number of ketones is 1. The first-order valence-electron chi connectivity index (χ1n) is 7.73. The molecule has 1 atom stereocenters. The Labute approximate surface area is 139 Å². The Balaban J connectivity index is 1.63. The highest BCUT2D eigenvalue weighted by atomic mass is 32.2. The van der Waals surface area contributed by atoms with Crippen molar-refractivity contribution in [3.63, 3.8) is 0 Å². The minimum absolute atomic E-state index is 0.0999. The number of thioether (sulfide) groups is 1. The minimum Gasteiger partial charge on any atom is -0.376 e. The van der Waals surface area contributed by atoms with E-state index in [0.29, 0.717) is 17.5 Å². The van der Waals surface area contributed by atoms with Crippen molar-refractivity contribution >= 4 is 17.5 Å². The van der Waals surface area contributed by atoms with E-state index in [4.69, 9.17) is 4.74 Å². The molecule has 0 spiro atoms. The van der Waals surface area contributed by atoms with Gasteiger partial charge in [0.05, 0.1) is 18.4 Å². The molecule has 0 aliphatic carbocycles. The van der Waals surface area contributed by atoms with Crippen molar-refractivity contribution < 1.29 is 9.53 Å². The molecular weight excluding hydrogens is 314 g/mol. The number of aromatic nitrogens is 5. The van der Waals surface area contributed by atoms with Gasteiger partial charge in [0.25, 0.3) is 0 Å². The molecule has 2 aromatic rings. The lowest BCUT2D eigenvalue weighted by atomic mass is 10.2. The number of Topliss-reactive ketones (excluding diaryl/α,β-unsaturated/α-hetero) is 1. The molecule has 0 amide bonds. The number of ether oxygens (including phenoxy) is 1. The van der Waals surface area contributed by atoms with E-state index >= 15 is 0 Å². The molecule has 3 heterocycles. The Bertz CT molecular complexity index is 703. The molecule has 23 heavy (non-hydrogen) atoms. The van der Waals surface area contributed by atoms with Crippen LogP contribution in [0.2, 0.25) is 0 Å². The number of carbonyl (C=O) groups excluding carboxylic acids is 1. The first-order chi connectivity index (χ1) is 11.1. The molecule has 0 radical (unpaired) electrons. The second-order valence-corrected chi connectivity index (χ2v) is 6.78. The monoisotopic (exact) mass is 335 g/mol. The van der Waals surface area contributed by atoms with Gasteiger partial charge in [-0.2, -0.15) is 0 Å². The summed E-state index contributed by atoms with van der Waals surface area (Å²) in [5.74, 6) is 0.429. The smallest absolute Gasteiger partial charge is 0.209 e. The zero-order valence-electron chi connectivity index (χ0n) is 13.7. The van der Waals surface area contributed by atoms with Crippen LogP contribution >= 0.6 is 11.8 Å². The van der Waals surface area contributed by atoms with Gasteiger partial charge in [-0.3, -0.25) is 4.79 Å². The molecule has 0 aromatic carbocycles. The number of hydrogen-bond acceptors (Lipinski definition) is 6. The summed E-state index contributed by atoms with van der Waals surface area (Å²) in [6.45, 7) is 5.42. The van der Waals surface area contributed by atoms with E-state index in [1.807, 2.05) is 31.5 Å². The minimum atomic E-state index is 0.0999. The van der Waals surface area contributed by atoms with E-state index in [-0.39, 0.29) is 11.9 Å². The van der Waals surface area contributed by atoms with Crippen molar-refractivity contribution in [2.75, 3.05) is 12.4 Å². The zero-order chi connectivity index (χ0) is 16.4. The summed E-state index contributed by atoms with van der Waals surface area (Å²) in [6, 6.07) is 1.94. The normalized spacial score (nSPS) is 17.8. The Morgan fingerprint density at radius 3 is 2.96 bits per heavy atom. The van der Waals surface area contributed by atoms with Crippen LogP contribution in [0.1, 0.15) is 34.6 Å². The highest BCUT2D eigenvalue weighted by Gasteiger charge is 2.20. The van der Waals surface area contributed by atoms with Gasteiger partial charge in [-0.05, 0) is 43.2 Å². The lowest BCUT2D eigenvalue weighted by Gasteiger charge is -2.09. The van der Waals surface area contributed by atoms with Crippen molar-refractivity contribution in [2.24, 2.45) is 7.05 Å². The molecule has 0 N–H and O–H groups in total. The van der Waals surface area contributed by atoms with Crippen LogP contribution in [-0.4, -0.2) is 49.0 Å². The maximum Gasteiger partial charge on any atom is 0.209 e. The molecule has 7 nitrogen and oxygen atoms in total. The van der Waals surface area contributed by atoms with Gasteiger partial charge in [-0.15, -0.1) is 5.10 Å². The summed E-state index contributed by atoms with van der Waals surface area (Å²) in [7, 11) is 1.97. The van der Waals surface area contributed by atoms with E-state index in [2.05, 4.69) is 15.5 Å². The highest BCUT2D eigenvalue weighted by Crippen LogP contribution is 2.21. The third kappa shape index (κ3) is 3.48. The van der Waals surface area contributed by atoms with Crippen molar-refractivity contribution in [1.82, 2.24) is 24.8 Å². The van der Waals surface area contributed by atoms with E-state index in [0.717, 1.165) is 36.4 Å². The number of carbonyl (C=O) groups is 1. The Morgan fingerprint density at radius 1 is 1.48 bits per heavy atom. The molecule has 1 aliphatic rings. The summed E-state index contributed by atoms with van der Waals surface area (Å²) in [5.41, 5.74) is 2.85. The molecule has 8 heteroatoms. The predicted molar refractivity (Wildman–Crippen MR) is 86.7 cm³/mol. The molecule has 1 aliphatic heterocycles. The van der Waals surface area contributed by atoms with Crippen molar-refractivity contribution in [2.45, 2.75) is 44.5 Å². The number of hydrogen-bond donors (Lipinski definition) is 0. The van der Waals surface area contributed by atoms with Crippen LogP contribution in [0.3, 0.4) is 0 Å². The van der Waals surface area contributed by atoms with Gasteiger partial charge >= 0.3 is 0 Å².